The molecule has 158 valence electrons. The number of hydrogen-bond donors (Lipinski definition) is 1. The number of carbonyl (C=O) groups excluding carboxylic acids is 2. The Balaban J connectivity index is 1.95. The molecule has 0 radical (unpaired) electrons. The maximum Gasteiger partial charge on any atom is 0.278 e. The van der Waals surface area contributed by atoms with Crippen molar-refractivity contribution in [2.24, 2.45) is 0 Å². The molecule has 0 fully saturated rings. The van der Waals surface area contributed by atoms with Gasteiger partial charge in [-0.25, -0.2) is 0 Å². The number of ether oxygens (including phenoxy) is 2. The topological polar surface area (TPSA) is 67.9 Å². The van der Waals surface area contributed by atoms with E-state index < -0.39 is 0 Å². The average Bonchev–Trinajstić information content (AvgIpc) is 2.93. The summed E-state index contributed by atoms with van der Waals surface area (Å²) >= 11 is 0. The van der Waals surface area contributed by atoms with E-state index in [9.17, 15) is 9.59 Å². The molecule has 0 spiro atoms. The molecule has 2 aromatic rings. The molecule has 0 bridgehead atoms. The molecule has 0 aliphatic carbocycles. The molecular weight excluding hydrogens is 380 g/mol. The Bertz CT molecular complexity index is 948. The molecule has 6 heteroatoms. The van der Waals surface area contributed by atoms with Crippen molar-refractivity contribution in [3.05, 3.63) is 65.4 Å². The third-order valence-electron chi connectivity index (χ3n) is 4.68. The van der Waals surface area contributed by atoms with Crippen molar-refractivity contribution >= 4 is 23.1 Å². The molecular formula is C24H28N2O4. The number of hydrogen-bond acceptors (Lipinski definition) is 5. The Hall–Kier alpha value is -3.12. The predicted octanol–water partition coefficient (Wildman–Crippen LogP) is 4.01. The number of aryl methyl sites for hydroxylation is 1. The van der Waals surface area contributed by atoms with E-state index in [-0.39, 0.29) is 30.2 Å². The van der Waals surface area contributed by atoms with Crippen LogP contribution in [-0.2, 0) is 14.3 Å². The number of nitrogens with zero attached hydrogens (tertiary/aromatic N) is 1. The summed E-state index contributed by atoms with van der Waals surface area (Å²) in [6.07, 6.45) is 0.0289. The molecule has 0 atom stereocenters. The summed E-state index contributed by atoms with van der Waals surface area (Å²) in [6.45, 7) is 8.78. The average molecular weight is 408 g/mol. The van der Waals surface area contributed by atoms with Crippen molar-refractivity contribution < 1.29 is 19.1 Å². The largest absolute Gasteiger partial charge is 0.494 e. The molecule has 1 heterocycles. The van der Waals surface area contributed by atoms with E-state index in [1.165, 1.54) is 4.90 Å². The van der Waals surface area contributed by atoms with Gasteiger partial charge in [0.05, 0.1) is 31.4 Å². The van der Waals surface area contributed by atoms with Gasteiger partial charge in [-0.1, -0.05) is 24.3 Å². The van der Waals surface area contributed by atoms with Gasteiger partial charge in [0.1, 0.15) is 11.4 Å². The van der Waals surface area contributed by atoms with Gasteiger partial charge in [0.15, 0.2) is 0 Å². The number of nitrogens with one attached hydrogen (secondary N) is 1. The highest BCUT2D eigenvalue weighted by atomic mass is 16.5. The molecule has 2 aromatic carbocycles. The minimum Gasteiger partial charge on any atom is -0.494 e. The minimum atomic E-state index is -0.349. The fraction of sp³-hybridized carbons (Fsp3) is 0.333. The van der Waals surface area contributed by atoms with Crippen LogP contribution in [0.15, 0.2) is 54.2 Å². The second-order valence-electron chi connectivity index (χ2n) is 7.38. The van der Waals surface area contributed by atoms with Gasteiger partial charge in [-0.3, -0.25) is 14.5 Å². The van der Waals surface area contributed by atoms with Crippen LogP contribution in [0.4, 0.5) is 5.69 Å². The van der Waals surface area contributed by atoms with Crippen molar-refractivity contribution in [2.45, 2.75) is 33.8 Å². The zero-order chi connectivity index (χ0) is 21.7. The van der Waals surface area contributed by atoms with Gasteiger partial charge in [0, 0.05) is 5.69 Å². The maximum absolute atomic E-state index is 13.2. The number of imide groups is 1. The summed E-state index contributed by atoms with van der Waals surface area (Å²) < 4.78 is 11.0. The van der Waals surface area contributed by atoms with Crippen LogP contribution in [-0.4, -0.2) is 42.6 Å². The van der Waals surface area contributed by atoms with Gasteiger partial charge in [-0.2, -0.15) is 0 Å². The van der Waals surface area contributed by atoms with E-state index in [2.05, 4.69) is 5.32 Å². The fourth-order valence-corrected chi connectivity index (χ4v) is 3.29. The van der Waals surface area contributed by atoms with E-state index in [4.69, 9.17) is 9.47 Å². The van der Waals surface area contributed by atoms with Crippen molar-refractivity contribution in [2.75, 3.05) is 25.1 Å². The lowest BCUT2D eigenvalue weighted by molar-refractivity contribution is -0.137. The van der Waals surface area contributed by atoms with Crippen LogP contribution < -0.4 is 10.1 Å². The number of rotatable bonds is 9. The van der Waals surface area contributed by atoms with Gasteiger partial charge in [0.2, 0.25) is 0 Å². The van der Waals surface area contributed by atoms with E-state index in [1.807, 2.05) is 52.0 Å². The quantitative estimate of drug-likeness (QED) is 0.635. The first-order valence-corrected chi connectivity index (χ1v) is 10.2. The molecule has 1 aliphatic rings. The monoisotopic (exact) mass is 408 g/mol. The lowest BCUT2D eigenvalue weighted by Gasteiger charge is -2.16. The van der Waals surface area contributed by atoms with Crippen LogP contribution >= 0.6 is 0 Å². The molecule has 30 heavy (non-hydrogen) atoms. The number of carbonyl (C=O) groups is 2. The Kier molecular flexibility index (Phi) is 6.90. The van der Waals surface area contributed by atoms with Gasteiger partial charge in [0.25, 0.3) is 11.8 Å². The lowest BCUT2D eigenvalue weighted by atomic mass is 10.0. The first-order chi connectivity index (χ1) is 14.4. The van der Waals surface area contributed by atoms with Crippen molar-refractivity contribution in [1.82, 2.24) is 4.90 Å². The van der Waals surface area contributed by atoms with E-state index in [0.717, 1.165) is 11.3 Å². The number of benzene rings is 2. The zero-order valence-electron chi connectivity index (χ0n) is 17.9. The molecule has 1 aliphatic heterocycles. The van der Waals surface area contributed by atoms with Crippen LogP contribution in [0.3, 0.4) is 0 Å². The van der Waals surface area contributed by atoms with Gasteiger partial charge >= 0.3 is 0 Å². The third kappa shape index (κ3) is 4.89. The van der Waals surface area contributed by atoms with Crippen molar-refractivity contribution in [3.8, 4) is 5.75 Å². The van der Waals surface area contributed by atoms with Crippen LogP contribution in [0.1, 0.15) is 31.9 Å². The molecule has 0 aromatic heterocycles. The Labute approximate surface area is 177 Å². The lowest BCUT2D eigenvalue weighted by Crippen LogP contribution is -2.35. The van der Waals surface area contributed by atoms with E-state index in [0.29, 0.717) is 30.1 Å². The maximum atomic E-state index is 13.2. The Morgan fingerprint density at radius 3 is 2.40 bits per heavy atom. The Morgan fingerprint density at radius 1 is 1.03 bits per heavy atom. The molecule has 6 nitrogen and oxygen atoms in total. The predicted molar refractivity (Wildman–Crippen MR) is 117 cm³/mol. The SMILES string of the molecule is CCOc1ccc(C2=C(Nc3cccc(C)c3)C(=O)N(CCOC(C)C)C2=O)cc1. The third-order valence-corrected chi connectivity index (χ3v) is 4.68. The van der Waals surface area contributed by atoms with Crippen molar-refractivity contribution in [1.29, 1.82) is 0 Å². The second-order valence-corrected chi connectivity index (χ2v) is 7.38. The number of anilines is 1. The smallest absolute Gasteiger partial charge is 0.278 e. The summed E-state index contributed by atoms with van der Waals surface area (Å²) in [4.78, 5) is 27.6. The normalized spacial score (nSPS) is 14.1. The Morgan fingerprint density at radius 2 is 1.77 bits per heavy atom. The molecule has 3 rings (SSSR count). The molecule has 0 saturated heterocycles. The highest BCUT2D eigenvalue weighted by Crippen LogP contribution is 2.31. The van der Waals surface area contributed by atoms with Gasteiger partial charge in [-0.05, 0) is 63.1 Å². The van der Waals surface area contributed by atoms with E-state index >= 15 is 0 Å². The minimum absolute atomic E-state index is 0.0289. The van der Waals surface area contributed by atoms with E-state index in [1.54, 1.807) is 24.3 Å². The highest BCUT2D eigenvalue weighted by molar-refractivity contribution is 6.36. The number of amides is 2. The first kappa shape index (κ1) is 21.6. The van der Waals surface area contributed by atoms with Gasteiger partial charge < -0.3 is 14.8 Å². The fourth-order valence-electron chi connectivity index (χ4n) is 3.29. The summed E-state index contributed by atoms with van der Waals surface area (Å²) in [5.74, 6) is 0.0402. The highest BCUT2D eigenvalue weighted by Gasteiger charge is 2.39. The summed E-state index contributed by atoms with van der Waals surface area (Å²) in [5.41, 5.74) is 3.12. The zero-order valence-corrected chi connectivity index (χ0v) is 17.9. The standard InChI is InChI=1S/C24H28N2O4/c1-5-29-20-11-9-18(10-12-20)21-22(25-19-8-6-7-17(4)15-19)24(28)26(23(21)27)13-14-30-16(2)3/h6-12,15-16,25H,5,13-14H2,1-4H3. The van der Waals surface area contributed by atoms with Crippen molar-refractivity contribution in [3.63, 3.8) is 0 Å². The first-order valence-electron chi connectivity index (χ1n) is 10.2. The molecule has 2 amide bonds. The van der Waals surface area contributed by atoms with Crippen LogP contribution in [0, 0.1) is 6.92 Å². The van der Waals surface area contributed by atoms with Crippen LogP contribution in [0.5, 0.6) is 5.75 Å². The van der Waals surface area contributed by atoms with Gasteiger partial charge in [-0.15, -0.1) is 0 Å². The van der Waals surface area contributed by atoms with Crippen LogP contribution in [0.2, 0.25) is 0 Å². The summed E-state index contributed by atoms with van der Waals surface area (Å²) in [7, 11) is 0. The molecule has 1 N–H and O–H groups in total. The van der Waals surface area contributed by atoms with Crippen LogP contribution in [0.25, 0.3) is 5.57 Å². The second kappa shape index (κ2) is 9.59. The summed E-state index contributed by atoms with van der Waals surface area (Å²) in [6, 6.07) is 14.9. The molecule has 0 saturated carbocycles. The summed E-state index contributed by atoms with van der Waals surface area (Å²) in [5, 5.41) is 3.17. The molecule has 0 unspecified atom stereocenters.